The molecule has 4 rings (SSSR count). The van der Waals surface area contributed by atoms with E-state index in [1.807, 2.05) is 6.07 Å². The molecule has 0 radical (unpaired) electrons. The first-order valence-electron chi connectivity index (χ1n) is 8.75. The molecule has 4 aromatic rings. The van der Waals surface area contributed by atoms with Gasteiger partial charge in [-0.3, -0.25) is 14.3 Å². The van der Waals surface area contributed by atoms with Crippen molar-refractivity contribution in [3.8, 4) is 17.1 Å². The number of amides is 1. The van der Waals surface area contributed by atoms with E-state index in [9.17, 15) is 9.18 Å². The summed E-state index contributed by atoms with van der Waals surface area (Å²) in [6, 6.07) is 13.5. The Kier molecular flexibility index (Phi) is 5.66. The number of rotatable bonds is 7. The maximum Gasteiger partial charge on any atom is 0.230 e. The van der Waals surface area contributed by atoms with E-state index < -0.39 is 5.82 Å². The van der Waals surface area contributed by atoms with Gasteiger partial charge in [0.1, 0.15) is 11.6 Å². The van der Waals surface area contributed by atoms with Crippen LogP contribution in [0.1, 0.15) is 5.76 Å². The first-order valence-corrected chi connectivity index (χ1v) is 9.73. The number of benzene rings is 1. The van der Waals surface area contributed by atoms with E-state index in [1.54, 1.807) is 59.6 Å². The molecule has 0 unspecified atom stereocenters. The smallest absolute Gasteiger partial charge is 0.230 e. The van der Waals surface area contributed by atoms with Crippen LogP contribution in [0.5, 0.6) is 0 Å². The van der Waals surface area contributed by atoms with E-state index in [-0.39, 0.29) is 11.7 Å². The minimum Gasteiger partial charge on any atom is -0.467 e. The average molecular weight is 409 g/mol. The fraction of sp³-hybridized carbons (Fsp3) is 0.100. The van der Waals surface area contributed by atoms with Crippen molar-refractivity contribution in [2.45, 2.75) is 11.7 Å². The lowest BCUT2D eigenvalue weighted by Gasteiger charge is -2.11. The number of carbonyl (C=O) groups is 1. The van der Waals surface area contributed by atoms with E-state index in [0.717, 1.165) is 0 Å². The fourth-order valence-corrected chi connectivity index (χ4v) is 3.45. The van der Waals surface area contributed by atoms with Crippen molar-refractivity contribution in [1.29, 1.82) is 0 Å². The zero-order chi connectivity index (χ0) is 20.1. The van der Waals surface area contributed by atoms with Crippen LogP contribution >= 0.6 is 11.8 Å². The van der Waals surface area contributed by atoms with Crippen LogP contribution in [0.3, 0.4) is 0 Å². The number of nitrogens with one attached hydrogen (secondary N) is 1. The minimum atomic E-state index is -0.415. The second-order valence-corrected chi connectivity index (χ2v) is 6.92. The van der Waals surface area contributed by atoms with E-state index in [0.29, 0.717) is 34.5 Å². The first kappa shape index (κ1) is 18.9. The van der Waals surface area contributed by atoms with Gasteiger partial charge in [-0.1, -0.05) is 23.9 Å². The summed E-state index contributed by atoms with van der Waals surface area (Å²) in [4.78, 5) is 16.3. The number of thioether (sulfide) groups is 1. The van der Waals surface area contributed by atoms with Crippen molar-refractivity contribution in [3.63, 3.8) is 0 Å². The van der Waals surface area contributed by atoms with E-state index in [1.165, 1.54) is 17.8 Å². The predicted octanol–water partition coefficient (Wildman–Crippen LogP) is 3.47. The van der Waals surface area contributed by atoms with Crippen LogP contribution in [0, 0.1) is 5.82 Å². The van der Waals surface area contributed by atoms with Crippen molar-refractivity contribution in [3.05, 3.63) is 78.8 Å². The molecule has 0 aliphatic carbocycles. The van der Waals surface area contributed by atoms with Crippen LogP contribution in [-0.4, -0.2) is 31.4 Å². The molecule has 9 heteroatoms. The Bertz CT molecular complexity index is 1100. The molecule has 7 nitrogen and oxygen atoms in total. The molecule has 1 amide bonds. The number of para-hydroxylation sites is 1. The van der Waals surface area contributed by atoms with Gasteiger partial charge in [-0.05, 0) is 36.4 Å². The summed E-state index contributed by atoms with van der Waals surface area (Å²) in [6.07, 6.45) is 4.82. The van der Waals surface area contributed by atoms with Gasteiger partial charge in [0.15, 0.2) is 11.0 Å². The van der Waals surface area contributed by atoms with Crippen LogP contribution in [0.4, 0.5) is 4.39 Å². The third-order valence-corrected chi connectivity index (χ3v) is 4.95. The number of pyridine rings is 1. The topological polar surface area (TPSA) is 85.8 Å². The molecule has 0 fully saturated rings. The van der Waals surface area contributed by atoms with E-state index in [2.05, 4.69) is 20.5 Å². The van der Waals surface area contributed by atoms with Gasteiger partial charge in [0.05, 0.1) is 24.2 Å². The van der Waals surface area contributed by atoms with Crippen molar-refractivity contribution in [2.75, 3.05) is 5.75 Å². The molecule has 3 aromatic heterocycles. The summed E-state index contributed by atoms with van der Waals surface area (Å²) >= 11 is 1.17. The van der Waals surface area contributed by atoms with Crippen molar-refractivity contribution >= 4 is 17.7 Å². The van der Waals surface area contributed by atoms with Crippen LogP contribution in [-0.2, 0) is 11.3 Å². The third kappa shape index (κ3) is 4.35. The molecule has 1 N–H and O–H groups in total. The number of halogens is 1. The summed E-state index contributed by atoms with van der Waals surface area (Å²) in [5.41, 5.74) is 0.993. The summed E-state index contributed by atoms with van der Waals surface area (Å²) in [7, 11) is 0. The quantitative estimate of drug-likeness (QED) is 0.471. The highest BCUT2D eigenvalue weighted by atomic mass is 32.2. The third-order valence-electron chi connectivity index (χ3n) is 4.02. The molecule has 0 bridgehead atoms. The Hall–Kier alpha value is -3.46. The van der Waals surface area contributed by atoms with Gasteiger partial charge in [-0.15, -0.1) is 10.2 Å². The van der Waals surface area contributed by atoms with Crippen molar-refractivity contribution < 1.29 is 13.6 Å². The number of hydrogen-bond donors (Lipinski definition) is 1. The van der Waals surface area contributed by atoms with Crippen LogP contribution in [0.15, 0.2) is 76.8 Å². The van der Waals surface area contributed by atoms with Gasteiger partial charge in [0.25, 0.3) is 0 Å². The Balaban J connectivity index is 1.57. The van der Waals surface area contributed by atoms with Crippen molar-refractivity contribution in [1.82, 2.24) is 25.1 Å². The highest BCUT2D eigenvalue weighted by Crippen LogP contribution is 2.28. The second kappa shape index (κ2) is 8.70. The van der Waals surface area contributed by atoms with Gasteiger partial charge in [-0.2, -0.15) is 0 Å². The SMILES string of the molecule is O=C(CSc1nnc(-c2cccnc2)n1-c1ccccc1F)NCc1ccco1. The Morgan fingerprint density at radius 1 is 1.14 bits per heavy atom. The summed E-state index contributed by atoms with van der Waals surface area (Å²) < 4.78 is 21.3. The van der Waals surface area contributed by atoms with Gasteiger partial charge < -0.3 is 9.73 Å². The molecule has 29 heavy (non-hydrogen) atoms. The largest absolute Gasteiger partial charge is 0.467 e. The average Bonchev–Trinajstić information content (AvgIpc) is 3.42. The molecular formula is C20H16FN5O2S. The lowest BCUT2D eigenvalue weighted by molar-refractivity contribution is -0.118. The number of nitrogens with zero attached hydrogens (tertiary/aromatic N) is 4. The molecule has 0 aliphatic rings. The van der Waals surface area contributed by atoms with Gasteiger partial charge in [0.2, 0.25) is 5.91 Å². The maximum absolute atomic E-state index is 14.5. The van der Waals surface area contributed by atoms with E-state index in [4.69, 9.17) is 4.42 Å². The molecule has 0 spiro atoms. The minimum absolute atomic E-state index is 0.0976. The Morgan fingerprint density at radius 3 is 2.79 bits per heavy atom. The predicted molar refractivity (Wildman–Crippen MR) is 106 cm³/mol. The van der Waals surface area contributed by atoms with Crippen molar-refractivity contribution in [2.24, 2.45) is 0 Å². The molecule has 0 saturated carbocycles. The number of furan rings is 1. The molecule has 0 atom stereocenters. The molecule has 3 heterocycles. The molecule has 1 aromatic carbocycles. The number of carbonyl (C=O) groups excluding carboxylic acids is 1. The van der Waals surface area contributed by atoms with Crippen LogP contribution in [0.2, 0.25) is 0 Å². The number of hydrogen-bond acceptors (Lipinski definition) is 6. The summed E-state index contributed by atoms with van der Waals surface area (Å²) in [5, 5.41) is 11.6. The zero-order valence-corrected chi connectivity index (χ0v) is 16.0. The molecule has 146 valence electrons. The van der Waals surface area contributed by atoms with Gasteiger partial charge in [-0.25, -0.2) is 4.39 Å². The second-order valence-electron chi connectivity index (χ2n) is 5.98. The fourth-order valence-electron chi connectivity index (χ4n) is 2.68. The summed E-state index contributed by atoms with van der Waals surface area (Å²) in [6.45, 7) is 0.299. The lowest BCUT2D eigenvalue weighted by Crippen LogP contribution is -2.24. The standard InChI is InChI=1S/C20H16FN5O2S/c21-16-7-1-2-8-17(16)26-19(14-5-3-9-22-11-14)24-25-20(26)29-13-18(27)23-12-15-6-4-10-28-15/h1-11H,12-13H2,(H,23,27). The highest BCUT2D eigenvalue weighted by Gasteiger charge is 2.19. The zero-order valence-electron chi connectivity index (χ0n) is 15.2. The Labute approximate surface area is 170 Å². The Morgan fingerprint density at radius 2 is 2.03 bits per heavy atom. The highest BCUT2D eigenvalue weighted by molar-refractivity contribution is 7.99. The van der Waals surface area contributed by atoms with Gasteiger partial charge >= 0.3 is 0 Å². The lowest BCUT2D eigenvalue weighted by atomic mass is 10.2. The first-order chi connectivity index (χ1) is 14.2. The molecule has 0 saturated heterocycles. The maximum atomic E-state index is 14.5. The summed E-state index contributed by atoms with van der Waals surface area (Å²) in [5.74, 6) is 0.595. The van der Waals surface area contributed by atoms with Gasteiger partial charge in [0, 0.05) is 18.0 Å². The normalized spacial score (nSPS) is 10.8. The van der Waals surface area contributed by atoms with Crippen LogP contribution < -0.4 is 5.32 Å². The molecular weight excluding hydrogens is 393 g/mol. The molecule has 0 aliphatic heterocycles. The van der Waals surface area contributed by atoms with E-state index >= 15 is 0 Å². The monoisotopic (exact) mass is 409 g/mol. The van der Waals surface area contributed by atoms with Crippen LogP contribution in [0.25, 0.3) is 17.1 Å². The number of aromatic nitrogens is 4.